The van der Waals surface area contributed by atoms with E-state index >= 15 is 0 Å². The molecule has 0 amide bonds. The molecule has 1 aromatic heterocycles. The van der Waals surface area contributed by atoms with Gasteiger partial charge < -0.3 is 0 Å². The fraction of sp³-hybridized carbons (Fsp3) is 0.583. The van der Waals surface area contributed by atoms with Crippen molar-refractivity contribution in [3.8, 4) is 6.07 Å². The van der Waals surface area contributed by atoms with Crippen molar-refractivity contribution >= 4 is 0 Å². The van der Waals surface area contributed by atoms with Gasteiger partial charge in [0.05, 0.1) is 0 Å². The minimum Gasteiger partial charge on any atom is -0.296 e. The fourth-order valence-corrected chi connectivity index (χ4v) is 2.36. The Morgan fingerprint density at radius 3 is 2.59 bits per heavy atom. The highest BCUT2D eigenvalue weighted by atomic mass is 16.2. The Balaban J connectivity index is 2.36. The van der Waals surface area contributed by atoms with Crippen molar-refractivity contribution in [2.24, 2.45) is 5.92 Å². The standard InChI is InChI=1S/C12H15N3O2/c1-8-2-4-10(5-3-8)15-7-9(6-13)11(16)14-12(15)17/h7-8,10H,2-5H2,1H3,(H,14,16,17). The molecule has 1 saturated carbocycles. The minimum atomic E-state index is -0.599. The molecule has 1 aliphatic rings. The molecule has 0 bridgehead atoms. The normalized spacial score (nSPS) is 24.2. The summed E-state index contributed by atoms with van der Waals surface area (Å²) in [5.74, 6) is 0.695. The predicted molar refractivity (Wildman–Crippen MR) is 62.7 cm³/mol. The fourth-order valence-electron chi connectivity index (χ4n) is 2.36. The number of aromatic amines is 1. The second-order valence-electron chi connectivity index (χ2n) is 4.73. The van der Waals surface area contributed by atoms with E-state index < -0.39 is 11.2 Å². The van der Waals surface area contributed by atoms with Crippen LogP contribution in [-0.4, -0.2) is 9.55 Å². The first kappa shape index (κ1) is 11.6. The number of hydrogen-bond donors (Lipinski definition) is 1. The second kappa shape index (κ2) is 4.58. The van der Waals surface area contributed by atoms with Gasteiger partial charge >= 0.3 is 5.69 Å². The smallest absolute Gasteiger partial charge is 0.296 e. The van der Waals surface area contributed by atoms with E-state index in [1.54, 1.807) is 0 Å². The Labute approximate surface area is 98.7 Å². The highest BCUT2D eigenvalue weighted by molar-refractivity contribution is 5.21. The lowest BCUT2D eigenvalue weighted by Gasteiger charge is -2.27. The molecule has 5 heteroatoms. The van der Waals surface area contributed by atoms with Crippen molar-refractivity contribution in [1.82, 2.24) is 9.55 Å². The van der Waals surface area contributed by atoms with Gasteiger partial charge in [0, 0.05) is 12.2 Å². The molecule has 0 atom stereocenters. The molecule has 2 rings (SSSR count). The van der Waals surface area contributed by atoms with Crippen LogP contribution < -0.4 is 11.2 Å². The van der Waals surface area contributed by atoms with Crippen LogP contribution in [0.15, 0.2) is 15.8 Å². The zero-order valence-corrected chi connectivity index (χ0v) is 9.77. The zero-order chi connectivity index (χ0) is 12.4. The van der Waals surface area contributed by atoms with E-state index in [1.807, 2.05) is 6.07 Å². The summed E-state index contributed by atoms with van der Waals surface area (Å²) in [7, 11) is 0. The summed E-state index contributed by atoms with van der Waals surface area (Å²) in [5, 5.41) is 8.79. The van der Waals surface area contributed by atoms with Crippen LogP contribution in [0, 0.1) is 17.2 Å². The van der Waals surface area contributed by atoms with E-state index in [0.717, 1.165) is 25.7 Å². The molecule has 1 N–H and O–H groups in total. The van der Waals surface area contributed by atoms with E-state index in [4.69, 9.17) is 5.26 Å². The van der Waals surface area contributed by atoms with Crippen molar-refractivity contribution < 1.29 is 0 Å². The molecule has 1 aliphatic carbocycles. The first-order valence-corrected chi connectivity index (χ1v) is 5.87. The van der Waals surface area contributed by atoms with Crippen molar-refractivity contribution in [3.05, 3.63) is 32.6 Å². The highest BCUT2D eigenvalue weighted by Gasteiger charge is 2.21. The van der Waals surface area contributed by atoms with Crippen LogP contribution in [0.5, 0.6) is 0 Å². The molecular weight excluding hydrogens is 218 g/mol. The molecule has 0 unspecified atom stereocenters. The number of nitrogens with zero attached hydrogens (tertiary/aromatic N) is 2. The van der Waals surface area contributed by atoms with Gasteiger partial charge in [-0.05, 0) is 31.6 Å². The maximum absolute atomic E-state index is 11.7. The van der Waals surface area contributed by atoms with Crippen LogP contribution in [0.1, 0.15) is 44.2 Å². The summed E-state index contributed by atoms with van der Waals surface area (Å²) < 4.78 is 1.51. The van der Waals surface area contributed by atoms with Crippen LogP contribution in [-0.2, 0) is 0 Å². The molecule has 0 radical (unpaired) electrons. The first-order valence-electron chi connectivity index (χ1n) is 5.87. The topological polar surface area (TPSA) is 78.7 Å². The van der Waals surface area contributed by atoms with Crippen molar-refractivity contribution in [1.29, 1.82) is 5.26 Å². The minimum absolute atomic E-state index is 0.00298. The molecule has 0 saturated heterocycles. The maximum atomic E-state index is 11.7. The van der Waals surface area contributed by atoms with Crippen LogP contribution >= 0.6 is 0 Å². The molecule has 1 heterocycles. The van der Waals surface area contributed by atoms with Gasteiger partial charge in [0.2, 0.25) is 0 Å². The Kier molecular flexibility index (Phi) is 3.14. The monoisotopic (exact) mass is 233 g/mol. The molecule has 0 aromatic carbocycles. The molecular formula is C12H15N3O2. The SMILES string of the molecule is CC1CCC(n2cc(C#N)c(=O)[nH]c2=O)CC1. The number of rotatable bonds is 1. The predicted octanol–water partition coefficient (Wildman–Crippen LogP) is 1.16. The Morgan fingerprint density at radius 2 is 2.00 bits per heavy atom. The summed E-state index contributed by atoms with van der Waals surface area (Å²) in [6, 6.07) is 1.92. The van der Waals surface area contributed by atoms with Gasteiger partial charge in [-0.3, -0.25) is 14.3 Å². The van der Waals surface area contributed by atoms with Crippen LogP contribution in [0.25, 0.3) is 0 Å². The lowest BCUT2D eigenvalue weighted by molar-refractivity contribution is 0.282. The van der Waals surface area contributed by atoms with Crippen molar-refractivity contribution in [3.63, 3.8) is 0 Å². The quantitative estimate of drug-likeness (QED) is 0.790. The number of nitriles is 1. The Morgan fingerprint density at radius 1 is 1.35 bits per heavy atom. The summed E-state index contributed by atoms with van der Waals surface area (Å²) in [4.78, 5) is 25.1. The molecule has 0 aliphatic heterocycles. The van der Waals surface area contributed by atoms with Gasteiger partial charge in [-0.25, -0.2) is 4.79 Å². The first-order chi connectivity index (χ1) is 8.11. The molecule has 0 spiro atoms. The summed E-state index contributed by atoms with van der Waals surface area (Å²) in [6.07, 6.45) is 5.41. The van der Waals surface area contributed by atoms with E-state index in [0.29, 0.717) is 5.92 Å². The maximum Gasteiger partial charge on any atom is 0.328 e. The average Bonchev–Trinajstić information content (AvgIpc) is 2.31. The van der Waals surface area contributed by atoms with Crippen LogP contribution in [0.4, 0.5) is 0 Å². The molecule has 5 nitrogen and oxygen atoms in total. The van der Waals surface area contributed by atoms with E-state index in [9.17, 15) is 9.59 Å². The summed E-state index contributed by atoms with van der Waals surface area (Å²) in [5.41, 5.74) is -1.00. The van der Waals surface area contributed by atoms with Crippen molar-refractivity contribution in [2.45, 2.75) is 38.6 Å². The van der Waals surface area contributed by atoms with E-state index in [2.05, 4.69) is 11.9 Å². The molecule has 1 fully saturated rings. The third-order valence-corrected chi connectivity index (χ3v) is 3.47. The largest absolute Gasteiger partial charge is 0.328 e. The van der Waals surface area contributed by atoms with E-state index in [-0.39, 0.29) is 11.6 Å². The lowest BCUT2D eigenvalue weighted by atomic mass is 9.87. The van der Waals surface area contributed by atoms with Crippen LogP contribution in [0.3, 0.4) is 0 Å². The number of aromatic nitrogens is 2. The van der Waals surface area contributed by atoms with Gasteiger partial charge in [0.1, 0.15) is 11.6 Å². The zero-order valence-electron chi connectivity index (χ0n) is 9.77. The summed E-state index contributed by atoms with van der Waals surface area (Å²) >= 11 is 0. The lowest BCUT2D eigenvalue weighted by Crippen LogP contribution is -2.34. The van der Waals surface area contributed by atoms with Gasteiger partial charge in [-0.2, -0.15) is 5.26 Å². The highest BCUT2D eigenvalue weighted by Crippen LogP contribution is 2.30. The average molecular weight is 233 g/mol. The third kappa shape index (κ3) is 2.31. The Hall–Kier alpha value is -1.83. The molecule has 17 heavy (non-hydrogen) atoms. The third-order valence-electron chi connectivity index (χ3n) is 3.47. The number of H-pyrrole nitrogens is 1. The van der Waals surface area contributed by atoms with Gasteiger partial charge in [0.15, 0.2) is 0 Å². The van der Waals surface area contributed by atoms with Crippen LogP contribution in [0.2, 0.25) is 0 Å². The number of nitrogens with one attached hydrogen (secondary N) is 1. The van der Waals surface area contributed by atoms with Gasteiger partial charge in [-0.15, -0.1) is 0 Å². The molecule has 90 valence electrons. The Bertz CT molecular complexity index is 556. The second-order valence-corrected chi connectivity index (χ2v) is 4.73. The number of hydrogen-bond acceptors (Lipinski definition) is 3. The van der Waals surface area contributed by atoms with E-state index in [1.165, 1.54) is 10.8 Å². The van der Waals surface area contributed by atoms with Gasteiger partial charge in [-0.1, -0.05) is 6.92 Å². The molecule has 1 aromatic rings. The summed E-state index contributed by atoms with van der Waals surface area (Å²) in [6.45, 7) is 2.20. The van der Waals surface area contributed by atoms with Gasteiger partial charge in [0.25, 0.3) is 5.56 Å². The van der Waals surface area contributed by atoms with Crippen molar-refractivity contribution in [2.75, 3.05) is 0 Å².